The molecule has 2 aromatic heterocycles. The standard InChI is InChI=1S/C15H20N4O3/c1-8(2)13-17-15(22-19-13)9(3)16-14(20)12-10-6-4-5-7-11(10)18-21-12/h8-9H,4-7H2,1-3H3,(H,16,20)/t9-/m1/s1. The van der Waals surface area contributed by atoms with Crippen molar-refractivity contribution in [2.24, 2.45) is 0 Å². The number of carbonyl (C=O) groups is 1. The third-order valence-electron chi connectivity index (χ3n) is 3.86. The van der Waals surface area contributed by atoms with Crippen molar-refractivity contribution >= 4 is 5.91 Å². The van der Waals surface area contributed by atoms with Gasteiger partial charge in [0.05, 0.1) is 5.69 Å². The maximum absolute atomic E-state index is 12.4. The normalized spacial score (nSPS) is 15.6. The van der Waals surface area contributed by atoms with Crippen LogP contribution in [0.15, 0.2) is 9.05 Å². The Morgan fingerprint density at radius 1 is 1.14 bits per heavy atom. The SMILES string of the molecule is CC(C)c1noc([C@@H](C)NC(=O)c2onc3c2CCCC3)n1. The van der Waals surface area contributed by atoms with Gasteiger partial charge in [0, 0.05) is 11.5 Å². The molecule has 0 spiro atoms. The van der Waals surface area contributed by atoms with Crippen LogP contribution in [-0.4, -0.2) is 21.2 Å². The minimum Gasteiger partial charge on any atom is -0.350 e. The first-order chi connectivity index (χ1) is 10.6. The summed E-state index contributed by atoms with van der Waals surface area (Å²) < 4.78 is 10.4. The molecule has 0 radical (unpaired) electrons. The molecule has 0 saturated heterocycles. The average molecular weight is 304 g/mol. The van der Waals surface area contributed by atoms with Crippen LogP contribution in [0.3, 0.4) is 0 Å². The molecule has 1 aliphatic carbocycles. The maximum atomic E-state index is 12.4. The van der Waals surface area contributed by atoms with Crippen LogP contribution in [0.2, 0.25) is 0 Å². The highest BCUT2D eigenvalue weighted by Gasteiger charge is 2.26. The van der Waals surface area contributed by atoms with Gasteiger partial charge >= 0.3 is 0 Å². The van der Waals surface area contributed by atoms with Crippen LogP contribution in [0, 0.1) is 0 Å². The number of hydrogen-bond donors (Lipinski definition) is 1. The summed E-state index contributed by atoms with van der Waals surface area (Å²) in [5, 5.41) is 10.7. The average Bonchev–Trinajstić information content (AvgIpc) is 3.14. The molecule has 1 aliphatic rings. The van der Waals surface area contributed by atoms with E-state index in [1.807, 2.05) is 13.8 Å². The third kappa shape index (κ3) is 2.75. The molecule has 2 aromatic rings. The van der Waals surface area contributed by atoms with E-state index in [-0.39, 0.29) is 17.9 Å². The highest BCUT2D eigenvalue weighted by molar-refractivity contribution is 5.93. The Morgan fingerprint density at radius 3 is 2.64 bits per heavy atom. The van der Waals surface area contributed by atoms with Crippen molar-refractivity contribution in [3.8, 4) is 0 Å². The van der Waals surface area contributed by atoms with E-state index in [1.54, 1.807) is 6.92 Å². The molecule has 0 aliphatic heterocycles. The van der Waals surface area contributed by atoms with Crippen LogP contribution in [0.1, 0.15) is 79.1 Å². The number of nitrogens with one attached hydrogen (secondary N) is 1. The molecule has 0 bridgehead atoms. The minimum absolute atomic E-state index is 0.182. The van der Waals surface area contributed by atoms with E-state index in [1.165, 1.54) is 0 Å². The third-order valence-corrected chi connectivity index (χ3v) is 3.86. The lowest BCUT2D eigenvalue weighted by Crippen LogP contribution is -2.27. The van der Waals surface area contributed by atoms with Crippen molar-refractivity contribution in [1.29, 1.82) is 0 Å². The van der Waals surface area contributed by atoms with Gasteiger partial charge < -0.3 is 14.4 Å². The van der Waals surface area contributed by atoms with Crippen molar-refractivity contribution in [2.75, 3.05) is 0 Å². The number of fused-ring (bicyclic) bond motifs is 1. The fourth-order valence-corrected chi connectivity index (χ4v) is 2.55. The molecule has 3 rings (SSSR count). The molecule has 7 heteroatoms. The second-order valence-corrected chi connectivity index (χ2v) is 5.98. The molecule has 1 atom stereocenters. The molecule has 1 amide bonds. The minimum atomic E-state index is -0.378. The van der Waals surface area contributed by atoms with Gasteiger partial charge in [-0.3, -0.25) is 4.79 Å². The Balaban J connectivity index is 1.72. The predicted octanol–water partition coefficient (Wildman–Crippen LogP) is 2.55. The Kier molecular flexibility index (Phi) is 3.96. The van der Waals surface area contributed by atoms with E-state index < -0.39 is 0 Å². The quantitative estimate of drug-likeness (QED) is 0.932. The number of aromatic nitrogens is 3. The van der Waals surface area contributed by atoms with Crippen molar-refractivity contribution in [2.45, 2.75) is 58.4 Å². The van der Waals surface area contributed by atoms with Crippen LogP contribution < -0.4 is 5.32 Å². The van der Waals surface area contributed by atoms with E-state index in [0.717, 1.165) is 36.9 Å². The molecule has 2 heterocycles. The fourth-order valence-electron chi connectivity index (χ4n) is 2.55. The number of rotatable bonds is 4. The highest BCUT2D eigenvalue weighted by atomic mass is 16.5. The number of nitrogens with zero attached hydrogens (tertiary/aromatic N) is 3. The molecule has 1 N–H and O–H groups in total. The molecular weight excluding hydrogens is 284 g/mol. The summed E-state index contributed by atoms with van der Waals surface area (Å²) in [6, 6.07) is -0.378. The zero-order valence-electron chi connectivity index (χ0n) is 13.0. The van der Waals surface area contributed by atoms with E-state index >= 15 is 0 Å². The first-order valence-corrected chi connectivity index (χ1v) is 7.68. The monoisotopic (exact) mass is 304 g/mol. The van der Waals surface area contributed by atoms with E-state index in [9.17, 15) is 4.79 Å². The number of aryl methyl sites for hydroxylation is 1. The zero-order valence-corrected chi connectivity index (χ0v) is 13.0. The molecule has 7 nitrogen and oxygen atoms in total. The summed E-state index contributed by atoms with van der Waals surface area (Å²) in [4.78, 5) is 16.7. The van der Waals surface area contributed by atoms with E-state index in [4.69, 9.17) is 9.05 Å². The van der Waals surface area contributed by atoms with Crippen LogP contribution in [0.25, 0.3) is 0 Å². The van der Waals surface area contributed by atoms with Crippen LogP contribution in [0.5, 0.6) is 0 Å². The topological polar surface area (TPSA) is 94.1 Å². The van der Waals surface area contributed by atoms with Gasteiger partial charge in [0.15, 0.2) is 5.82 Å². The van der Waals surface area contributed by atoms with Crippen molar-refractivity contribution < 1.29 is 13.8 Å². The first-order valence-electron chi connectivity index (χ1n) is 7.68. The lowest BCUT2D eigenvalue weighted by atomic mass is 9.96. The number of carbonyl (C=O) groups excluding carboxylic acids is 1. The molecule has 118 valence electrons. The summed E-state index contributed by atoms with van der Waals surface area (Å²) in [6.07, 6.45) is 3.87. The van der Waals surface area contributed by atoms with Gasteiger partial charge in [0.2, 0.25) is 11.7 Å². The summed E-state index contributed by atoms with van der Waals surface area (Å²) in [6.45, 7) is 5.77. The van der Waals surface area contributed by atoms with Gasteiger partial charge in [-0.05, 0) is 32.6 Å². The molecule has 0 aromatic carbocycles. The molecular formula is C15H20N4O3. The maximum Gasteiger partial charge on any atom is 0.290 e. The summed E-state index contributed by atoms with van der Waals surface area (Å²) in [5.74, 6) is 1.23. The van der Waals surface area contributed by atoms with Gasteiger partial charge in [-0.1, -0.05) is 24.2 Å². The molecule has 22 heavy (non-hydrogen) atoms. The summed E-state index contributed by atoms with van der Waals surface area (Å²) in [7, 11) is 0. The highest BCUT2D eigenvalue weighted by Crippen LogP contribution is 2.24. The second-order valence-electron chi connectivity index (χ2n) is 5.98. The zero-order chi connectivity index (χ0) is 15.7. The van der Waals surface area contributed by atoms with Gasteiger partial charge in [0.25, 0.3) is 5.91 Å². The summed E-state index contributed by atoms with van der Waals surface area (Å²) >= 11 is 0. The second kappa shape index (κ2) is 5.90. The van der Waals surface area contributed by atoms with Crippen LogP contribution in [0.4, 0.5) is 0 Å². The van der Waals surface area contributed by atoms with Crippen molar-refractivity contribution in [1.82, 2.24) is 20.6 Å². The molecule has 0 fully saturated rings. The summed E-state index contributed by atoms with van der Waals surface area (Å²) in [5.41, 5.74) is 1.84. The predicted molar refractivity (Wildman–Crippen MR) is 77.4 cm³/mol. The van der Waals surface area contributed by atoms with Crippen molar-refractivity contribution in [3.05, 3.63) is 28.7 Å². The van der Waals surface area contributed by atoms with E-state index in [0.29, 0.717) is 17.5 Å². The van der Waals surface area contributed by atoms with Gasteiger partial charge in [0.1, 0.15) is 6.04 Å². The lowest BCUT2D eigenvalue weighted by Gasteiger charge is -2.11. The van der Waals surface area contributed by atoms with Crippen molar-refractivity contribution in [3.63, 3.8) is 0 Å². The van der Waals surface area contributed by atoms with Crippen LogP contribution in [-0.2, 0) is 12.8 Å². The van der Waals surface area contributed by atoms with Gasteiger partial charge in [-0.15, -0.1) is 0 Å². The molecule has 0 unspecified atom stereocenters. The van der Waals surface area contributed by atoms with Gasteiger partial charge in [-0.2, -0.15) is 4.98 Å². The Labute approximate surface area is 128 Å². The first kappa shape index (κ1) is 14.7. The Hall–Kier alpha value is -2.18. The lowest BCUT2D eigenvalue weighted by molar-refractivity contribution is 0.0894. The van der Waals surface area contributed by atoms with Crippen LogP contribution >= 0.6 is 0 Å². The Bertz CT molecular complexity index is 674. The van der Waals surface area contributed by atoms with Gasteiger partial charge in [-0.25, -0.2) is 0 Å². The van der Waals surface area contributed by atoms with E-state index in [2.05, 4.69) is 20.6 Å². The Morgan fingerprint density at radius 2 is 1.91 bits per heavy atom. The smallest absolute Gasteiger partial charge is 0.290 e. The number of hydrogen-bond acceptors (Lipinski definition) is 6. The largest absolute Gasteiger partial charge is 0.350 e. The number of amides is 1. The fraction of sp³-hybridized carbons (Fsp3) is 0.600. The molecule has 0 saturated carbocycles.